The van der Waals surface area contributed by atoms with Crippen LogP contribution in [0.2, 0.25) is 0 Å². The highest BCUT2D eigenvalue weighted by Crippen LogP contribution is 2.40. The third-order valence-electron chi connectivity index (χ3n) is 7.82. The Hall–Kier alpha value is -6.20. The van der Waals surface area contributed by atoms with E-state index >= 15 is 0 Å². The van der Waals surface area contributed by atoms with Gasteiger partial charge in [0.15, 0.2) is 23.0 Å². The molecule has 18 nitrogen and oxygen atoms in total. The van der Waals surface area contributed by atoms with Crippen molar-refractivity contribution < 1.29 is 67.7 Å². The molecule has 2 rings (SSSR count). The summed E-state index contributed by atoms with van der Waals surface area (Å²) in [6.45, 7) is 8.97. The zero-order chi connectivity index (χ0) is 39.1. The predicted octanol–water partition coefficient (Wildman–Crippen LogP) is 5.52. The molecular formula is C34H40N2O16. The number of nitro groups is 2. The van der Waals surface area contributed by atoms with E-state index in [1.54, 1.807) is 0 Å². The van der Waals surface area contributed by atoms with Crippen LogP contribution in [-0.4, -0.2) is 71.4 Å². The molecule has 0 aliphatic carbocycles. The summed E-state index contributed by atoms with van der Waals surface area (Å²) in [6, 6.07) is 4.68. The molecule has 18 heteroatoms. The van der Waals surface area contributed by atoms with Crippen molar-refractivity contribution in [1.82, 2.24) is 0 Å². The monoisotopic (exact) mass is 732 g/mol. The molecule has 0 spiro atoms. The lowest BCUT2D eigenvalue weighted by molar-refractivity contribution is -0.386. The third-order valence-corrected chi connectivity index (χ3v) is 7.82. The molecule has 2 aromatic carbocycles. The standard InChI is InChI=1S/C34H40N2O16/c1-7-31(37)51-19(3)23-15-27(47-5)29(17-25(23)35(43)44)49-13-11-21(33(39)40)9-10-22(34(41)42)12-14-50-30-18-26(36(45)46)24(16-28(30)48-6)20(4)52-32(38)8-2/h7-8,15-22H,1-2,9-14H2,3-6H3,(H,39,40)(H,41,42). The van der Waals surface area contributed by atoms with E-state index < -0.39 is 69.1 Å². The zero-order valence-corrected chi connectivity index (χ0v) is 28.9. The Labute approximate surface area is 297 Å². The van der Waals surface area contributed by atoms with Crippen molar-refractivity contribution in [2.75, 3.05) is 27.4 Å². The van der Waals surface area contributed by atoms with Crippen LogP contribution in [0.4, 0.5) is 11.4 Å². The molecule has 0 saturated carbocycles. The highest BCUT2D eigenvalue weighted by atomic mass is 16.6. The average molecular weight is 733 g/mol. The molecule has 4 unspecified atom stereocenters. The van der Waals surface area contributed by atoms with E-state index in [9.17, 15) is 49.6 Å². The first-order chi connectivity index (χ1) is 24.6. The van der Waals surface area contributed by atoms with Gasteiger partial charge < -0.3 is 38.6 Å². The quantitative estimate of drug-likeness (QED) is 0.0617. The number of aliphatic carboxylic acids is 2. The normalized spacial score (nSPS) is 12.9. The first-order valence-corrected chi connectivity index (χ1v) is 15.7. The topological polar surface area (TPSA) is 250 Å². The van der Waals surface area contributed by atoms with Crippen LogP contribution in [0.1, 0.15) is 62.9 Å². The van der Waals surface area contributed by atoms with Crippen molar-refractivity contribution >= 4 is 35.3 Å². The minimum absolute atomic E-state index is 0.0197. The maximum atomic E-state index is 12.0. The molecule has 0 fully saturated rings. The van der Waals surface area contributed by atoms with Crippen molar-refractivity contribution in [3.8, 4) is 23.0 Å². The largest absolute Gasteiger partial charge is 0.493 e. The van der Waals surface area contributed by atoms with Gasteiger partial charge in [-0.2, -0.15) is 0 Å². The first-order valence-electron chi connectivity index (χ1n) is 15.7. The number of methoxy groups -OCH3 is 2. The Balaban J connectivity index is 2.12. The summed E-state index contributed by atoms with van der Waals surface area (Å²) in [5, 5.41) is 43.2. The van der Waals surface area contributed by atoms with E-state index in [1.165, 1.54) is 40.2 Å². The van der Waals surface area contributed by atoms with E-state index in [0.717, 1.165) is 24.3 Å². The summed E-state index contributed by atoms with van der Waals surface area (Å²) in [4.78, 5) is 69.5. The Morgan fingerprint density at radius 1 is 0.673 bits per heavy atom. The number of benzene rings is 2. The Morgan fingerprint density at radius 3 is 1.29 bits per heavy atom. The number of carbonyl (C=O) groups excluding carboxylic acids is 2. The second kappa shape index (κ2) is 19.9. The van der Waals surface area contributed by atoms with E-state index in [0.29, 0.717) is 0 Å². The number of carboxylic acids is 2. The summed E-state index contributed by atoms with van der Waals surface area (Å²) in [5.74, 6) is -6.18. The van der Waals surface area contributed by atoms with Gasteiger partial charge in [-0.3, -0.25) is 29.8 Å². The number of hydrogen-bond donors (Lipinski definition) is 2. The van der Waals surface area contributed by atoms with Crippen LogP contribution in [0.3, 0.4) is 0 Å². The molecule has 4 atom stereocenters. The van der Waals surface area contributed by atoms with Crippen molar-refractivity contribution in [1.29, 1.82) is 0 Å². The van der Waals surface area contributed by atoms with Gasteiger partial charge in [0, 0.05) is 12.2 Å². The summed E-state index contributed by atoms with van der Waals surface area (Å²) >= 11 is 0. The van der Waals surface area contributed by atoms with Crippen molar-refractivity contribution in [2.24, 2.45) is 11.8 Å². The number of nitrogens with zero attached hydrogens (tertiary/aromatic N) is 2. The molecule has 0 aliphatic rings. The van der Waals surface area contributed by atoms with Gasteiger partial charge in [0.05, 0.1) is 72.4 Å². The highest BCUT2D eigenvalue weighted by Gasteiger charge is 2.29. The highest BCUT2D eigenvalue weighted by molar-refractivity contribution is 5.82. The molecule has 52 heavy (non-hydrogen) atoms. The average Bonchev–Trinajstić information content (AvgIpc) is 3.10. The van der Waals surface area contributed by atoms with E-state index in [2.05, 4.69) is 13.2 Å². The van der Waals surface area contributed by atoms with Gasteiger partial charge in [-0.05, 0) is 51.7 Å². The van der Waals surface area contributed by atoms with Gasteiger partial charge in [-0.15, -0.1) is 0 Å². The van der Waals surface area contributed by atoms with Crippen LogP contribution in [0, 0.1) is 32.1 Å². The molecule has 0 aromatic heterocycles. The predicted molar refractivity (Wildman–Crippen MR) is 180 cm³/mol. The summed E-state index contributed by atoms with van der Waals surface area (Å²) in [7, 11) is 2.56. The van der Waals surface area contributed by atoms with Crippen LogP contribution >= 0.6 is 0 Å². The molecule has 0 amide bonds. The van der Waals surface area contributed by atoms with Crippen LogP contribution < -0.4 is 18.9 Å². The van der Waals surface area contributed by atoms with Crippen LogP contribution in [0.15, 0.2) is 49.6 Å². The maximum absolute atomic E-state index is 12.0. The lowest BCUT2D eigenvalue weighted by Gasteiger charge is -2.19. The zero-order valence-electron chi connectivity index (χ0n) is 28.9. The fourth-order valence-electron chi connectivity index (χ4n) is 5.02. The molecule has 0 saturated heterocycles. The molecular weight excluding hydrogens is 692 g/mol. The molecule has 0 radical (unpaired) electrons. The molecule has 282 valence electrons. The maximum Gasteiger partial charge on any atom is 0.330 e. The smallest absolute Gasteiger partial charge is 0.330 e. The number of rotatable bonds is 23. The number of ether oxygens (including phenoxy) is 6. The second-order valence-electron chi connectivity index (χ2n) is 11.1. The third kappa shape index (κ3) is 11.7. The van der Waals surface area contributed by atoms with Crippen LogP contribution in [0.5, 0.6) is 23.0 Å². The minimum atomic E-state index is -1.22. The molecule has 2 aromatic rings. The fourth-order valence-corrected chi connectivity index (χ4v) is 5.02. The second-order valence-corrected chi connectivity index (χ2v) is 11.1. The molecule has 2 N–H and O–H groups in total. The number of hydrogen-bond acceptors (Lipinski definition) is 14. The molecule has 0 heterocycles. The lowest BCUT2D eigenvalue weighted by Crippen LogP contribution is -2.22. The van der Waals surface area contributed by atoms with Crippen molar-refractivity contribution in [2.45, 2.75) is 51.7 Å². The number of carbonyl (C=O) groups is 4. The SMILES string of the molecule is C=CC(=O)OC(C)c1cc(OC)c(OCCC(CCC(CCOc2cc([N+](=O)[O-])c(C(C)OC(=O)C=C)cc2OC)C(=O)O)C(=O)O)cc1[N+](=O)[O-]. The van der Waals surface area contributed by atoms with Gasteiger partial charge in [-0.25, -0.2) is 9.59 Å². The fraction of sp³-hybridized carbons (Fsp3) is 0.412. The van der Waals surface area contributed by atoms with Crippen LogP contribution in [-0.2, 0) is 28.7 Å². The Kier molecular flexibility index (Phi) is 16.0. The number of carboxylic acid groups (broad SMARTS) is 2. The summed E-state index contributed by atoms with van der Waals surface area (Å²) in [6.07, 6.45) is -0.621. The summed E-state index contributed by atoms with van der Waals surface area (Å²) < 4.78 is 32.1. The number of esters is 2. The van der Waals surface area contributed by atoms with Crippen LogP contribution in [0.25, 0.3) is 0 Å². The summed E-state index contributed by atoms with van der Waals surface area (Å²) in [5.41, 5.74) is -0.834. The first kappa shape index (κ1) is 42.0. The van der Waals surface area contributed by atoms with E-state index in [-0.39, 0.29) is 73.0 Å². The molecule has 0 bridgehead atoms. The van der Waals surface area contributed by atoms with E-state index in [1.807, 2.05) is 0 Å². The van der Waals surface area contributed by atoms with Gasteiger partial charge in [-0.1, -0.05) is 13.2 Å². The molecule has 0 aliphatic heterocycles. The van der Waals surface area contributed by atoms with Gasteiger partial charge in [0.1, 0.15) is 12.2 Å². The van der Waals surface area contributed by atoms with Crippen molar-refractivity contribution in [3.63, 3.8) is 0 Å². The van der Waals surface area contributed by atoms with Crippen molar-refractivity contribution in [3.05, 3.63) is 80.9 Å². The van der Waals surface area contributed by atoms with E-state index in [4.69, 9.17) is 28.4 Å². The Bertz CT molecular complexity index is 1550. The van der Waals surface area contributed by atoms with Gasteiger partial charge in [0.2, 0.25) is 0 Å². The lowest BCUT2D eigenvalue weighted by atomic mass is 9.92. The Morgan fingerprint density at radius 2 is 1.02 bits per heavy atom. The number of nitro benzene ring substituents is 2. The van der Waals surface area contributed by atoms with Gasteiger partial charge >= 0.3 is 23.9 Å². The minimum Gasteiger partial charge on any atom is -0.493 e. The van der Waals surface area contributed by atoms with Gasteiger partial charge in [0.25, 0.3) is 11.4 Å².